The van der Waals surface area contributed by atoms with Crippen molar-refractivity contribution in [3.8, 4) is 6.07 Å². The summed E-state index contributed by atoms with van der Waals surface area (Å²) < 4.78 is 25.7. The Morgan fingerprint density at radius 1 is 1.10 bits per heavy atom. The topological polar surface area (TPSA) is 93.9 Å². The van der Waals surface area contributed by atoms with Gasteiger partial charge in [0.05, 0.1) is 23.6 Å². The molecule has 158 valence electrons. The molecule has 1 aliphatic heterocycles. The number of hydrogen-bond donors (Lipinski definition) is 0. The Balaban J connectivity index is 1.73. The predicted octanol–water partition coefficient (Wildman–Crippen LogP) is 2.09. The molecular formula is C21H24N4O4S. The van der Waals surface area contributed by atoms with E-state index in [4.69, 9.17) is 10.1 Å². The largest absolute Gasteiger partial charge is 0.370 e. The molecule has 0 spiro atoms. The molecule has 0 bridgehead atoms. The van der Waals surface area contributed by atoms with Gasteiger partial charge >= 0.3 is 0 Å². The van der Waals surface area contributed by atoms with Crippen molar-refractivity contribution >= 4 is 21.6 Å². The number of rotatable bonds is 5. The number of carbonyl (C=O) groups excluding carboxylic acids is 1. The van der Waals surface area contributed by atoms with E-state index < -0.39 is 10.0 Å². The Morgan fingerprint density at radius 3 is 2.50 bits per heavy atom. The maximum Gasteiger partial charge on any atom is 0.264 e. The fourth-order valence-corrected chi connectivity index (χ4v) is 4.36. The molecule has 1 saturated heterocycles. The summed E-state index contributed by atoms with van der Waals surface area (Å²) >= 11 is 0. The average Bonchev–Trinajstić information content (AvgIpc) is 3.04. The van der Waals surface area contributed by atoms with Crippen molar-refractivity contribution < 1.29 is 18.0 Å². The first-order chi connectivity index (χ1) is 14.4. The minimum absolute atomic E-state index is 0.00623. The molecule has 1 amide bonds. The fraction of sp³-hybridized carbons (Fsp3) is 0.333. The molecule has 0 N–H and O–H groups in total. The molecule has 0 aromatic heterocycles. The van der Waals surface area contributed by atoms with Gasteiger partial charge in [-0.1, -0.05) is 10.5 Å². The summed E-state index contributed by atoms with van der Waals surface area (Å²) in [6.07, 6.45) is 0.788. The van der Waals surface area contributed by atoms with Gasteiger partial charge < -0.3 is 9.80 Å². The number of anilines is 1. The maximum absolute atomic E-state index is 13.0. The highest BCUT2D eigenvalue weighted by Gasteiger charge is 2.24. The van der Waals surface area contributed by atoms with E-state index in [1.165, 1.54) is 26.3 Å². The first kappa shape index (κ1) is 21.8. The van der Waals surface area contributed by atoms with Crippen LogP contribution in [0.25, 0.3) is 0 Å². The van der Waals surface area contributed by atoms with Crippen LogP contribution in [0.4, 0.5) is 5.69 Å². The average molecular weight is 429 g/mol. The van der Waals surface area contributed by atoms with Gasteiger partial charge in [0.1, 0.15) is 0 Å². The second-order valence-corrected chi connectivity index (χ2v) is 8.85. The molecule has 2 aromatic carbocycles. The van der Waals surface area contributed by atoms with Crippen molar-refractivity contribution in [3.05, 3.63) is 59.7 Å². The zero-order valence-corrected chi connectivity index (χ0v) is 17.8. The second kappa shape index (κ2) is 9.26. The summed E-state index contributed by atoms with van der Waals surface area (Å²) in [7, 11) is -1.26. The van der Waals surface area contributed by atoms with Gasteiger partial charge in [-0.3, -0.25) is 9.63 Å². The van der Waals surface area contributed by atoms with Crippen molar-refractivity contribution in [2.75, 3.05) is 45.2 Å². The van der Waals surface area contributed by atoms with E-state index in [2.05, 4.69) is 11.0 Å². The summed E-state index contributed by atoms with van der Waals surface area (Å²) in [6.45, 7) is 2.55. The minimum atomic E-state index is -3.82. The lowest BCUT2D eigenvalue weighted by Crippen LogP contribution is -2.35. The highest BCUT2D eigenvalue weighted by Crippen LogP contribution is 2.20. The molecule has 1 aliphatic rings. The number of nitriles is 1. The Hall–Kier alpha value is -2.93. The van der Waals surface area contributed by atoms with Crippen molar-refractivity contribution in [1.29, 1.82) is 5.26 Å². The van der Waals surface area contributed by atoms with Gasteiger partial charge in [0, 0.05) is 44.5 Å². The third-order valence-corrected chi connectivity index (χ3v) is 6.79. The number of carbonyl (C=O) groups is 1. The first-order valence-corrected chi connectivity index (χ1v) is 11.0. The number of amides is 1. The molecular weight excluding hydrogens is 404 g/mol. The molecule has 8 nitrogen and oxygen atoms in total. The molecule has 3 rings (SSSR count). The standard InChI is InChI=1S/C21H24N4O4S/c1-23(29-2)30(27,28)20-6-3-5-18(15-20)21(26)25-12-4-11-24(13-14-25)19-9-7-17(16-22)8-10-19/h3,5-10,15H,4,11-14H2,1-2H3. The monoisotopic (exact) mass is 428 g/mol. The normalized spacial score (nSPS) is 15.0. The van der Waals surface area contributed by atoms with Gasteiger partial charge in [0.2, 0.25) is 0 Å². The Morgan fingerprint density at radius 2 is 1.83 bits per heavy atom. The third-order valence-electron chi connectivity index (χ3n) is 5.12. The fourth-order valence-electron chi connectivity index (χ4n) is 3.34. The van der Waals surface area contributed by atoms with E-state index >= 15 is 0 Å². The minimum Gasteiger partial charge on any atom is -0.370 e. The van der Waals surface area contributed by atoms with Gasteiger partial charge in [-0.25, -0.2) is 8.42 Å². The second-order valence-electron chi connectivity index (χ2n) is 6.92. The zero-order valence-electron chi connectivity index (χ0n) is 17.0. The summed E-state index contributed by atoms with van der Waals surface area (Å²) in [5.41, 5.74) is 1.95. The van der Waals surface area contributed by atoms with E-state index in [0.29, 0.717) is 30.8 Å². The van der Waals surface area contributed by atoms with Gasteiger partial charge in [0.15, 0.2) is 0 Å². The first-order valence-electron chi connectivity index (χ1n) is 9.54. The van der Waals surface area contributed by atoms with Crippen molar-refractivity contribution in [3.63, 3.8) is 0 Å². The quantitative estimate of drug-likeness (QED) is 0.677. The molecule has 2 aromatic rings. The Kier molecular flexibility index (Phi) is 6.72. The predicted molar refractivity (Wildman–Crippen MR) is 112 cm³/mol. The molecule has 0 unspecified atom stereocenters. The van der Waals surface area contributed by atoms with E-state index in [1.54, 1.807) is 29.2 Å². The summed E-state index contributed by atoms with van der Waals surface area (Å²) in [4.78, 5) is 21.8. The molecule has 0 saturated carbocycles. The lowest BCUT2D eigenvalue weighted by Gasteiger charge is -2.24. The van der Waals surface area contributed by atoms with Crippen LogP contribution in [0.2, 0.25) is 0 Å². The van der Waals surface area contributed by atoms with Crippen LogP contribution in [0.15, 0.2) is 53.4 Å². The Labute approximate surface area is 176 Å². The van der Waals surface area contributed by atoms with Crippen molar-refractivity contribution in [2.45, 2.75) is 11.3 Å². The SMILES string of the molecule is CON(C)S(=O)(=O)c1cccc(C(=O)N2CCCN(c3ccc(C#N)cc3)CC2)c1. The lowest BCUT2D eigenvalue weighted by molar-refractivity contribution is -0.0258. The number of benzene rings is 2. The van der Waals surface area contributed by atoms with E-state index in [0.717, 1.165) is 23.1 Å². The van der Waals surface area contributed by atoms with Gasteiger partial charge in [-0.05, 0) is 48.9 Å². The highest BCUT2D eigenvalue weighted by molar-refractivity contribution is 7.89. The molecule has 0 aliphatic carbocycles. The molecule has 0 radical (unpaired) electrons. The molecule has 1 heterocycles. The van der Waals surface area contributed by atoms with Gasteiger partial charge in [-0.2, -0.15) is 5.26 Å². The van der Waals surface area contributed by atoms with Crippen LogP contribution in [-0.2, 0) is 14.9 Å². The van der Waals surface area contributed by atoms with Crippen LogP contribution >= 0.6 is 0 Å². The van der Waals surface area contributed by atoms with Crippen LogP contribution in [0.3, 0.4) is 0 Å². The van der Waals surface area contributed by atoms with Crippen LogP contribution in [-0.4, -0.2) is 64.0 Å². The summed E-state index contributed by atoms with van der Waals surface area (Å²) in [5, 5.41) is 8.95. The van der Waals surface area contributed by atoms with Crippen LogP contribution in [0, 0.1) is 11.3 Å². The van der Waals surface area contributed by atoms with E-state index in [9.17, 15) is 13.2 Å². The van der Waals surface area contributed by atoms with Crippen LogP contribution < -0.4 is 4.90 Å². The van der Waals surface area contributed by atoms with Gasteiger partial charge in [-0.15, -0.1) is 0 Å². The Bertz CT molecular complexity index is 1050. The number of sulfonamides is 1. The highest BCUT2D eigenvalue weighted by atomic mass is 32.2. The summed E-state index contributed by atoms with van der Waals surface area (Å²) in [5.74, 6) is -0.200. The third kappa shape index (κ3) is 4.62. The zero-order chi connectivity index (χ0) is 21.7. The number of hydroxylamine groups is 1. The maximum atomic E-state index is 13.0. The van der Waals surface area contributed by atoms with E-state index in [-0.39, 0.29) is 10.8 Å². The molecule has 0 atom stereocenters. The van der Waals surface area contributed by atoms with Crippen molar-refractivity contribution in [2.24, 2.45) is 0 Å². The summed E-state index contributed by atoms with van der Waals surface area (Å²) in [6, 6.07) is 15.5. The van der Waals surface area contributed by atoms with Crippen LogP contribution in [0.1, 0.15) is 22.3 Å². The number of nitrogens with zero attached hydrogens (tertiary/aromatic N) is 4. The van der Waals surface area contributed by atoms with Crippen molar-refractivity contribution in [1.82, 2.24) is 9.37 Å². The smallest absolute Gasteiger partial charge is 0.264 e. The molecule has 9 heteroatoms. The van der Waals surface area contributed by atoms with Crippen LogP contribution in [0.5, 0.6) is 0 Å². The van der Waals surface area contributed by atoms with Gasteiger partial charge in [0.25, 0.3) is 15.9 Å². The number of hydrogen-bond acceptors (Lipinski definition) is 6. The lowest BCUT2D eigenvalue weighted by atomic mass is 10.2. The van der Waals surface area contributed by atoms with E-state index in [1.807, 2.05) is 12.1 Å². The molecule has 1 fully saturated rings. The molecule has 30 heavy (non-hydrogen) atoms.